The Morgan fingerprint density at radius 1 is 1.06 bits per heavy atom. The molecule has 1 unspecified atom stereocenters. The quantitative estimate of drug-likeness (QED) is 0.607. The first-order chi connectivity index (χ1) is 7.37. The van der Waals surface area contributed by atoms with Crippen LogP contribution in [0, 0.1) is 5.92 Å². The number of hydrogen-bond donors (Lipinski definition) is 2. The molecule has 0 aromatic heterocycles. The Kier molecular flexibility index (Phi) is 7.97. The zero-order chi connectivity index (χ0) is 12.6. The monoisotopic (exact) mass is 250 g/mol. The van der Waals surface area contributed by atoms with Gasteiger partial charge in [0.2, 0.25) is 10.0 Å². The predicted molar refractivity (Wildman–Crippen MR) is 69.0 cm³/mol. The zero-order valence-corrected chi connectivity index (χ0v) is 11.7. The van der Waals surface area contributed by atoms with Crippen LogP contribution in [0.15, 0.2) is 0 Å². The molecule has 0 aliphatic carbocycles. The van der Waals surface area contributed by atoms with Crippen molar-refractivity contribution in [3.8, 4) is 0 Å². The van der Waals surface area contributed by atoms with E-state index in [4.69, 9.17) is 0 Å². The van der Waals surface area contributed by atoms with Gasteiger partial charge < -0.3 is 5.32 Å². The lowest BCUT2D eigenvalue weighted by Gasteiger charge is -2.15. The smallest absolute Gasteiger partial charge is 0.211 e. The van der Waals surface area contributed by atoms with Crippen LogP contribution in [-0.4, -0.2) is 33.3 Å². The summed E-state index contributed by atoms with van der Waals surface area (Å²) in [6, 6.07) is 0.452. The highest BCUT2D eigenvalue weighted by molar-refractivity contribution is 7.89. The van der Waals surface area contributed by atoms with Crippen molar-refractivity contribution >= 4 is 10.0 Å². The van der Waals surface area contributed by atoms with Crippen LogP contribution >= 0.6 is 0 Å². The van der Waals surface area contributed by atoms with Crippen LogP contribution in [0.1, 0.15) is 40.5 Å². The Bertz CT molecular complexity index is 263. The van der Waals surface area contributed by atoms with Crippen molar-refractivity contribution in [3.63, 3.8) is 0 Å². The van der Waals surface area contributed by atoms with Crippen molar-refractivity contribution in [2.75, 3.05) is 18.8 Å². The van der Waals surface area contributed by atoms with Gasteiger partial charge in [0.1, 0.15) is 0 Å². The van der Waals surface area contributed by atoms with E-state index in [2.05, 4.69) is 30.8 Å². The molecule has 0 saturated heterocycles. The Hall–Kier alpha value is -0.130. The van der Waals surface area contributed by atoms with Gasteiger partial charge in [-0.05, 0) is 32.6 Å². The second kappa shape index (κ2) is 8.03. The fraction of sp³-hybridized carbons (Fsp3) is 1.00. The van der Waals surface area contributed by atoms with Gasteiger partial charge in [0, 0.05) is 19.1 Å². The van der Waals surface area contributed by atoms with Gasteiger partial charge in [0.05, 0.1) is 5.75 Å². The van der Waals surface area contributed by atoms with E-state index in [0.29, 0.717) is 19.1 Å². The summed E-state index contributed by atoms with van der Waals surface area (Å²) in [5.74, 6) is 0.874. The summed E-state index contributed by atoms with van der Waals surface area (Å²) >= 11 is 0. The molecule has 0 aliphatic heterocycles. The van der Waals surface area contributed by atoms with Crippen LogP contribution in [0.25, 0.3) is 0 Å². The third kappa shape index (κ3) is 9.12. The van der Waals surface area contributed by atoms with E-state index in [1.807, 2.05) is 0 Å². The molecule has 0 heterocycles. The van der Waals surface area contributed by atoms with Gasteiger partial charge in [-0.15, -0.1) is 0 Å². The molecular weight excluding hydrogens is 224 g/mol. The van der Waals surface area contributed by atoms with E-state index in [0.717, 1.165) is 12.3 Å². The highest BCUT2D eigenvalue weighted by Gasteiger charge is 2.06. The predicted octanol–water partition coefficient (Wildman–Crippen LogP) is 1.34. The largest absolute Gasteiger partial charge is 0.313 e. The number of hydrogen-bond acceptors (Lipinski definition) is 3. The Morgan fingerprint density at radius 3 is 2.19 bits per heavy atom. The minimum Gasteiger partial charge on any atom is -0.313 e. The minimum atomic E-state index is -3.03. The fourth-order valence-corrected chi connectivity index (χ4v) is 1.93. The summed E-state index contributed by atoms with van der Waals surface area (Å²) in [4.78, 5) is 0. The standard InChI is InChI=1S/C11H26N2O2S/c1-5-16(14,15)13-9-8-12-11(4)7-6-10(2)3/h10-13H,5-9H2,1-4H3. The van der Waals surface area contributed by atoms with Crippen LogP contribution in [0.2, 0.25) is 0 Å². The maximum absolute atomic E-state index is 11.1. The number of sulfonamides is 1. The summed E-state index contributed by atoms with van der Waals surface area (Å²) < 4.78 is 24.8. The molecule has 5 heteroatoms. The minimum absolute atomic E-state index is 0.149. The molecule has 0 aliphatic rings. The molecule has 4 nitrogen and oxygen atoms in total. The molecule has 98 valence electrons. The molecule has 0 fully saturated rings. The van der Waals surface area contributed by atoms with E-state index in [9.17, 15) is 8.42 Å². The van der Waals surface area contributed by atoms with Crippen LogP contribution < -0.4 is 10.0 Å². The first-order valence-electron chi connectivity index (χ1n) is 6.08. The lowest BCUT2D eigenvalue weighted by molar-refractivity contribution is 0.452. The van der Waals surface area contributed by atoms with Gasteiger partial charge in [-0.1, -0.05) is 13.8 Å². The van der Waals surface area contributed by atoms with Crippen LogP contribution in [0.5, 0.6) is 0 Å². The van der Waals surface area contributed by atoms with Crippen molar-refractivity contribution in [1.82, 2.24) is 10.0 Å². The molecular formula is C11H26N2O2S. The molecule has 2 N–H and O–H groups in total. The molecule has 0 spiro atoms. The highest BCUT2D eigenvalue weighted by Crippen LogP contribution is 2.05. The topological polar surface area (TPSA) is 58.2 Å². The van der Waals surface area contributed by atoms with Crippen molar-refractivity contribution in [3.05, 3.63) is 0 Å². The van der Waals surface area contributed by atoms with Gasteiger partial charge in [-0.25, -0.2) is 13.1 Å². The second-order valence-electron chi connectivity index (χ2n) is 4.62. The number of nitrogens with one attached hydrogen (secondary N) is 2. The van der Waals surface area contributed by atoms with Crippen molar-refractivity contribution < 1.29 is 8.42 Å². The first-order valence-corrected chi connectivity index (χ1v) is 7.73. The van der Waals surface area contributed by atoms with E-state index < -0.39 is 10.0 Å². The van der Waals surface area contributed by atoms with E-state index >= 15 is 0 Å². The van der Waals surface area contributed by atoms with E-state index in [1.54, 1.807) is 6.92 Å². The van der Waals surface area contributed by atoms with Crippen LogP contribution in [-0.2, 0) is 10.0 Å². The van der Waals surface area contributed by atoms with Crippen molar-refractivity contribution in [2.24, 2.45) is 5.92 Å². The Balaban J connectivity index is 3.52. The summed E-state index contributed by atoms with van der Waals surface area (Å²) in [6.07, 6.45) is 2.34. The molecule has 0 rings (SSSR count). The molecule has 0 radical (unpaired) electrons. The third-order valence-corrected chi connectivity index (χ3v) is 3.90. The summed E-state index contributed by atoms with van der Waals surface area (Å²) in [7, 11) is -3.03. The molecule has 1 atom stereocenters. The van der Waals surface area contributed by atoms with Gasteiger partial charge in [-0.3, -0.25) is 0 Å². The normalized spacial score (nSPS) is 14.3. The molecule has 0 saturated carbocycles. The average molecular weight is 250 g/mol. The molecule has 0 aromatic rings. The lowest BCUT2D eigenvalue weighted by Crippen LogP contribution is -2.36. The maximum atomic E-state index is 11.1. The summed E-state index contributed by atoms with van der Waals surface area (Å²) in [5, 5.41) is 3.31. The van der Waals surface area contributed by atoms with E-state index in [-0.39, 0.29) is 5.75 Å². The highest BCUT2D eigenvalue weighted by atomic mass is 32.2. The van der Waals surface area contributed by atoms with Gasteiger partial charge in [-0.2, -0.15) is 0 Å². The van der Waals surface area contributed by atoms with Crippen LogP contribution in [0.4, 0.5) is 0 Å². The van der Waals surface area contributed by atoms with Gasteiger partial charge in [0.25, 0.3) is 0 Å². The first kappa shape index (κ1) is 15.9. The molecule has 0 aromatic carbocycles. The molecule has 16 heavy (non-hydrogen) atoms. The van der Waals surface area contributed by atoms with Gasteiger partial charge in [0.15, 0.2) is 0 Å². The fourth-order valence-electron chi connectivity index (χ4n) is 1.31. The van der Waals surface area contributed by atoms with Crippen molar-refractivity contribution in [2.45, 2.75) is 46.6 Å². The Labute approximate surface area is 100 Å². The second-order valence-corrected chi connectivity index (χ2v) is 6.72. The molecule has 0 amide bonds. The number of rotatable bonds is 9. The van der Waals surface area contributed by atoms with E-state index in [1.165, 1.54) is 6.42 Å². The zero-order valence-electron chi connectivity index (χ0n) is 10.9. The van der Waals surface area contributed by atoms with Crippen LogP contribution in [0.3, 0.4) is 0 Å². The summed E-state index contributed by atoms with van der Waals surface area (Å²) in [5.41, 5.74) is 0. The summed E-state index contributed by atoms with van der Waals surface area (Å²) in [6.45, 7) is 9.36. The van der Waals surface area contributed by atoms with Crippen molar-refractivity contribution in [1.29, 1.82) is 0 Å². The SMILES string of the molecule is CCS(=O)(=O)NCCNC(C)CCC(C)C. The lowest BCUT2D eigenvalue weighted by atomic mass is 10.0. The maximum Gasteiger partial charge on any atom is 0.211 e. The third-order valence-electron chi connectivity index (χ3n) is 2.50. The molecule has 0 bridgehead atoms. The Morgan fingerprint density at radius 2 is 1.69 bits per heavy atom. The van der Waals surface area contributed by atoms with Gasteiger partial charge >= 0.3 is 0 Å². The average Bonchev–Trinajstić information content (AvgIpc) is 2.21.